The van der Waals surface area contributed by atoms with Crippen LogP contribution in [0.2, 0.25) is 0 Å². The molecule has 1 aromatic heterocycles. The smallest absolute Gasteiger partial charge is 0.305 e. The number of ether oxygens (including phenoxy) is 1. The summed E-state index contributed by atoms with van der Waals surface area (Å²) in [6.07, 6.45) is -0.368. The molecular formula is C15H26N4O6S. The number of hydrogen-bond acceptors (Lipinski definition) is 6. The van der Waals surface area contributed by atoms with E-state index in [4.69, 9.17) is 9.84 Å². The van der Waals surface area contributed by atoms with Crippen molar-refractivity contribution in [3.63, 3.8) is 0 Å². The molecule has 1 aromatic rings. The lowest BCUT2D eigenvalue weighted by molar-refractivity contribution is -0.139. The summed E-state index contributed by atoms with van der Waals surface area (Å²) in [6, 6.07) is -1.12. The summed E-state index contributed by atoms with van der Waals surface area (Å²) in [5, 5.41) is 15.6. The van der Waals surface area contributed by atoms with Gasteiger partial charge in [-0.2, -0.15) is 9.82 Å². The number of nitrogens with one attached hydrogen (secondary N) is 2. The molecule has 1 rings (SSSR count). The lowest BCUT2D eigenvalue weighted by Crippen LogP contribution is -2.56. The molecule has 1 amide bonds. The number of sulfonamides is 1. The van der Waals surface area contributed by atoms with Crippen molar-refractivity contribution in [2.45, 2.75) is 50.6 Å². The molecule has 11 heteroatoms. The molecule has 0 fully saturated rings. The van der Waals surface area contributed by atoms with E-state index in [-0.39, 0.29) is 17.9 Å². The fraction of sp³-hybridized carbons (Fsp3) is 0.667. The van der Waals surface area contributed by atoms with Crippen LogP contribution in [0.5, 0.6) is 0 Å². The molecule has 26 heavy (non-hydrogen) atoms. The molecule has 0 saturated carbocycles. The van der Waals surface area contributed by atoms with Gasteiger partial charge in [0.1, 0.15) is 4.90 Å². The Bertz CT molecular complexity index is 788. The van der Waals surface area contributed by atoms with Crippen molar-refractivity contribution in [2.24, 2.45) is 7.05 Å². The van der Waals surface area contributed by atoms with Crippen molar-refractivity contribution in [3.8, 4) is 0 Å². The molecule has 0 spiro atoms. The number of carbonyl (C=O) groups excluding carboxylic acids is 1. The van der Waals surface area contributed by atoms with E-state index >= 15 is 0 Å². The molecule has 0 aliphatic rings. The van der Waals surface area contributed by atoms with Gasteiger partial charge in [-0.1, -0.05) is 0 Å². The molecule has 10 nitrogen and oxygen atoms in total. The van der Waals surface area contributed by atoms with E-state index in [1.807, 2.05) is 0 Å². The van der Waals surface area contributed by atoms with Crippen molar-refractivity contribution in [1.82, 2.24) is 19.8 Å². The number of methoxy groups -OCH3 is 1. The summed E-state index contributed by atoms with van der Waals surface area (Å²) in [6.45, 7) is 6.03. The molecular weight excluding hydrogens is 364 g/mol. The van der Waals surface area contributed by atoms with Gasteiger partial charge in [0.05, 0.1) is 36.0 Å². The summed E-state index contributed by atoms with van der Waals surface area (Å²) < 4.78 is 33.9. The number of rotatable bonds is 9. The Morgan fingerprint density at radius 1 is 1.38 bits per heavy atom. The zero-order valence-electron chi connectivity index (χ0n) is 15.8. The minimum atomic E-state index is -3.98. The first kappa shape index (κ1) is 22.1. The quantitative estimate of drug-likeness (QED) is 0.526. The molecule has 0 saturated heterocycles. The molecule has 148 valence electrons. The van der Waals surface area contributed by atoms with E-state index in [0.29, 0.717) is 11.4 Å². The topological polar surface area (TPSA) is 140 Å². The van der Waals surface area contributed by atoms with Gasteiger partial charge in [0.2, 0.25) is 15.9 Å². The van der Waals surface area contributed by atoms with Gasteiger partial charge in [0.25, 0.3) is 0 Å². The molecule has 0 bridgehead atoms. The molecule has 3 N–H and O–H groups in total. The predicted octanol–water partition coefficient (Wildman–Crippen LogP) is -0.300. The highest BCUT2D eigenvalue weighted by molar-refractivity contribution is 7.89. The summed E-state index contributed by atoms with van der Waals surface area (Å²) in [4.78, 5) is 23.4. The first-order valence-electron chi connectivity index (χ1n) is 7.88. The Morgan fingerprint density at radius 3 is 2.38 bits per heavy atom. The molecule has 2 unspecified atom stereocenters. The van der Waals surface area contributed by atoms with Crippen LogP contribution in [0.15, 0.2) is 4.90 Å². The monoisotopic (exact) mass is 390 g/mol. The summed E-state index contributed by atoms with van der Waals surface area (Å²) >= 11 is 0. The van der Waals surface area contributed by atoms with Crippen LogP contribution in [0.25, 0.3) is 0 Å². The van der Waals surface area contributed by atoms with E-state index in [0.717, 1.165) is 0 Å². The van der Waals surface area contributed by atoms with E-state index in [9.17, 15) is 18.0 Å². The molecule has 0 aliphatic heterocycles. The third kappa shape index (κ3) is 5.26. The van der Waals surface area contributed by atoms with E-state index < -0.39 is 33.5 Å². The van der Waals surface area contributed by atoms with Crippen molar-refractivity contribution in [3.05, 3.63) is 11.4 Å². The standard InChI is InChI=1S/C15H26N4O6S/c1-9-13(11(3)19(5)17-9)26(23,24)18-10(2)14(22)16-15(4,8-25-6)7-12(20)21/h10,18H,7-8H2,1-6H3,(H,16,22)(H,20,21). The fourth-order valence-electron chi connectivity index (χ4n) is 2.68. The van der Waals surface area contributed by atoms with Crippen LogP contribution in [-0.2, 0) is 31.4 Å². The summed E-state index contributed by atoms with van der Waals surface area (Å²) in [7, 11) is -0.972. The SMILES string of the molecule is COCC(C)(CC(=O)O)NC(=O)C(C)NS(=O)(=O)c1c(C)nn(C)c1C. The summed E-state index contributed by atoms with van der Waals surface area (Å²) in [5.74, 6) is -1.77. The lowest BCUT2D eigenvalue weighted by Gasteiger charge is -2.30. The van der Waals surface area contributed by atoms with Crippen LogP contribution in [0.4, 0.5) is 0 Å². The molecule has 2 atom stereocenters. The molecule has 0 aliphatic carbocycles. The number of hydrogen-bond donors (Lipinski definition) is 3. The Balaban J connectivity index is 2.96. The van der Waals surface area contributed by atoms with Gasteiger partial charge in [0.15, 0.2) is 0 Å². The summed E-state index contributed by atoms with van der Waals surface area (Å²) in [5.41, 5.74) is -0.407. The fourth-order valence-corrected chi connectivity index (χ4v) is 4.32. The van der Waals surface area contributed by atoms with Gasteiger partial charge in [-0.15, -0.1) is 0 Å². The van der Waals surface area contributed by atoms with Gasteiger partial charge in [0, 0.05) is 14.2 Å². The number of nitrogens with zero attached hydrogens (tertiary/aromatic N) is 2. The minimum Gasteiger partial charge on any atom is -0.481 e. The zero-order valence-corrected chi connectivity index (χ0v) is 16.6. The van der Waals surface area contributed by atoms with Crippen LogP contribution in [0, 0.1) is 13.8 Å². The molecule has 0 aromatic carbocycles. The highest BCUT2D eigenvalue weighted by Gasteiger charge is 2.33. The Morgan fingerprint density at radius 2 is 1.96 bits per heavy atom. The van der Waals surface area contributed by atoms with Crippen LogP contribution in [0.1, 0.15) is 31.7 Å². The average molecular weight is 390 g/mol. The molecule has 1 heterocycles. The van der Waals surface area contributed by atoms with Crippen LogP contribution in [0.3, 0.4) is 0 Å². The largest absolute Gasteiger partial charge is 0.481 e. The van der Waals surface area contributed by atoms with Gasteiger partial charge in [-0.05, 0) is 27.7 Å². The highest BCUT2D eigenvalue weighted by atomic mass is 32.2. The van der Waals surface area contributed by atoms with Crippen molar-refractivity contribution < 1.29 is 27.9 Å². The zero-order chi connectivity index (χ0) is 20.3. The number of carboxylic acids is 1. The maximum absolute atomic E-state index is 12.6. The van der Waals surface area contributed by atoms with Crippen LogP contribution < -0.4 is 10.0 Å². The lowest BCUT2D eigenvalue weighted by atomic mass is 9.98. The predicted molar refractivity (Wildman–Crippen MR) is 93.1 cm³/mol. The number of aryl methyl sites for hydroxylation is 2. The number of aromatic nitrogens is 2. The minimum absolute atomic E-state index is 0.0184. The van der Waals surface area contributed by atoms with E-state index in [2.05, 4.69) is 15.1 Å². The Kier molecular flexibility index (Phi) is 6.91. The van der Waals surface area contributed by atoms with Gasteiger partial charge >= 0.3 is 5.97 Å². The third-order valence-electron chi connectivity index (χ3n) is 3.87. The maximum Gasteiger partial charge on any atom is 0.305 e. The Labute approximate surface area is 153 Å². The second-order valence-electron chi connectivity index (χ2n) is 6.52. The normalized spacial score (nSPS) is 15.3. The van der Waals surface area contributed by atoms with Gasteiger partial charge in [-0.3, -0.25) is 14.3 Å². The molecule has 0 radical (unpaired) electrons. The van der Waals surface area contributed by atoms with Crippen molar-refractivity contribution >= 4 is 21.9 Å². The number of aliphatic carboxylic acids is 1. The van der Waals surface area contributed by atoms with E-state index in [1.165, 1.54) is 25.6 Å². The second kappa shape index (κ2) is 8.14. The second-order valence-corrected chi connectivity index (χ2v) is 8.17. The van der Waals surface area contributed by atoms with Gasteiger partial charge in [-0.25, -0.2) is 8.42 Å². The van der Waals surface area contributed by atoms with Crippen LogP contribution >= 0.6 is 0 Å². The number of carboxylic acid groups (broad SMARTS) is 1. The number of amides is 1. The maximum atomic E-state index is 12.6. The first-order chi connectivity index (χ1) is 11.8. The van der Waals surface area contributed by atoms with Crippen molar-refractivity contribution in [1.29, 1.82) is 0 Å². The average Bonchev–Trinajstić information content (AvgIpc) is 2.70. The van der Waals surface area contributed by atoms with Crippen molar-refractivity contribution in [2.75, 3.05) is 13.7 Å². The van der Waals surface area contributed by atoms with E-state index in [1.54, 1.807) is 20.9 Å². The third-order valence-corrected chi connectivity index (χ3v) is 5.66. The first-order valence-corrected chi connectivity index (χ1v) is 9.36. The highest BCUT2D eigenvalue weighted by Crippen LogP contribution is 2.19. The number of carbonyl (C=O) groups is 2. The Hall–Kier alpha value is -1.98. The van der Waals surface area contributed by atoms with Crippen LogP contribution in [-0.4, -0.2) is 60.5 Å². The van der Waals surface area contributed by atoms with Gasteiger partial charge < -0.3 is 15.2 Å².